The molecule has 1 heteroatoms. The molecule has 7 aromatic rings. The lowest BCUT2D eigenvalue weighted by atomic mass is 9.91. The first-order valence-corrected chi connectivity index (χ1v) is 9.94. The van der Waals surface area contributed by atoms with E-state index in [2.05, 4.69) is 84.9 Å². The molecule has 0 aliphatic heterocycles. The average molecular weight is 368 g/mol. The SMILES string of the molecule is c1cc2ccc3cc(-c4ccc5oc6ccccc6c5c4)cc4ccc(c1)c2c34. The Bertz CT molecular complexity index is 1640. The van der Waals surface area contributed by atoms with Crippen molar-refractivity contribution in [1.82, 2.24) is 0 Å². The number of hydrogen-bond donors (Lipinski definition) is 0. The molecule has 0 atom stereocenters. The van der Waals surface area contributed by atoms with Gasteiger partial charge in [-0.05, 0) is 73.8 Å². The van der Waals surface area contributed by atoms with Crippen LogP contribution in [-0.4, -0.2) is 0 Å². The van der Waals surface area contributed by atoms with Gasteiger partial charge in [-0.15, -0.1) is 0 Å². The molecular formula is C28H16O. The number of fused-ring (bicyclic) bond motifs is 3. The highest BCUT2D eigenvalue weighted by atomic mass is 16.3. The highest BCUT2D eigenvalue weighted by Crippen LogP contribution is 2.38. The van der Waals surface area contributed by atoms with Gasteiger partial charge in [-0.2, -0.15) is 0 Å². The van der Waals surface area contributed by atoms with Crippen LogP contribution in [0.25, 0.3) is 65.4 Å². The predicted molar refractivity (Wildman–Crippen MR) is 123 cm³/mol. The maximum atomic E-state index is 6.00. The fourth-order valence-corrected chi connectivity index (χ4v) is 4.83. The lowest BCUT2D eigenvalue weighted by Crippen LogP contribution is -1.85. The van der Waals surface area contributed by atoms with Crippen LogP contribution in [0.4, 0.5) is 0 Å². The lowest BCUT2D eigenvalue weighted by molar-refractivity contribution is 0.669. The van der Waals surface area contributed by atoms with Crippen LogP contribution in [-0.2, 0) is 0 Å². The van der Waals surface area contributed by atoms with Gasteiger partial charge >= 0.3 is 0 Å². The van der Waals surface area contributed by atoms with Crippen LogP contribution in [0.2, 0.25) is 0 Å². The Morgan fingerprint density at radius 3 is 1.86 bits per heavy atom. The third-order valence-corrected chi connectivity index (χ3v) is 6.17. The molecule has 0 spiro atoms. The van der Waals surface area contributed by atoms with Crippen molar-refractivity contribution >= 4 is 54.3 Å². The van der Waals surface area contributed by atoms with Crippen molar-refractivity contribution in [3.8, 4) is 11.1 Å². The molecule has 1 heterocycles. The normalized spacial score (nSPS) is 12.1. The van der Waals surface area contributed by atoms with Gasteiger partial charge in [0.1, 0.15) is 11.2 Å². The van der Waals surface area contributed by atoms with Gasteiger partial charge in [-0.1, -0.05) is 66.7 Å². The quantitative estimate of drug-likeness (QED) is 0.266. The van der Waals surface area contributed by atoms with Crippen LogP contribution < -0.4 is 0 Å². The molecule has 0 aliphatic carbocycles. The van der Waals surface area contributed by atoms with Gasteiger partial charge in [-0.25, -0.2) is 0 Å². The van der Waals surface area contributed by atoms with Gasteiger partial charge < -0.3 is 4.42 Å². The summed E-state index contributed by atoms with van der Waals surface area (Å²) in [5, 5.41) is 10.3. The van der Waals surface area contributed by atoms with Crippen molar-refractivity contribution in [1.29, 1.82) is 0 Å². The van der Waals surface area contributed by atoms with Crippen LogP contribution in [0.1, 0.15) is 0 Å². The van der Waals surface area contributed by atoms with E-state index in [-0.39, 0.29) is 0 Å². The van der Waals surface area contributed by atoms with E-state index >= 15 is 0 Å². The van der Waals surface area contributed by atoms with Gasteiger partial charge in [0.05, 0.1) is 0 Å². The summed E-state index contributed by atoms with van der Waals surface area (Å²) in [6.07, 6.45) is 0. The monoisotopic (exact) mass is 368 g/mol. The first-order chi connectivity index (χ1) is 14.3. The third kappa shape index (κ3) is 2.05. The topological polar surface area (TPSA) is 13.1 Å². The molecule has 0 fully saturated rings. The molecule has 0 N–H and O–H groups in total. The molecule has 0 bridgehead atoms. The zero-order valence-corrected chi connectivity index (χ0v) is 15.6. The lowest BCUT2D eigenvalue weighted by Gasteiger charge is -2.12. The summed E-state index contributed by atoms with van der Waals surface area (Å²) in [5.74, 6) is 0. The summed E-state index contributed by atoms with van der Waals surface area (Å²) < 4.78 is 6.00. The summed E-state index contributed by atoms with van der Waals surface area (Å²) in [7, 11) is 0. The summed E-state index contributed by atoms with van der Waals surface area (Å²) in [6, 6.07) is 34.9. The molecule has 0 radical (unpaired) electrons. The van der Waals surface area contributed by atoms with Crippen molar-refractivity contribution in [2.45, 2.75) is 0 Å². The highest BCUT2D eigenvalue weighted by Gasteiger charge is 2.12. The van der Waals surface area contributed by atoms with E-state index in [1.807, 2.05) is 12.1 Å². The Morgan fingerprint density at radius 2 is 1.07 bits per heavy atom. The Balaban J connectivity index is 1.54. The second-order valence-corrected chi connectivity index (χ2v) is 7.82. The van der Waals surface area contributed by atoms with Crippen molar-refractivity contribution in [2.24, 2.45) is 0 Å². The number of rotatable bonds is 1. The van der Waals surface area contributed by atoms with E-state index in [0.29, 0.717) is 0 Å². The Hall–Kier alpha value is -3.84. The second-order valence-electron chi connectivity index (χ2n) is 7.82. The molecular weight excluding hydrogens is 352 g/mol. The smallest absolute Gasteiger partial charge is 0.135 e. The van der Waals surface area contributed by atoms with Gasteiger partial charge in [0, 0.05) is 10.8 Å². The van der Waals surface area contributed by atoms with E-state index in [0.717, 1.165) is 11.2 Å². The zero-order chi connectivity index (χ0) is 18.9. The Kier molecular flexibility index (Phi) is 2.80. The fourth-order valence-electron chi connectivity index (χ4n) is 4.83. The minimum Gasteiger partial charge on any atom is -0.456 e. The van der Waals surface area contributed by atoms with Crippen molar-refractivity contribution < 1.29 is 4.42 Å². The van der Waals surface area contributed by atoms with Crippen LogP contribution in [0.3, 0.4) is 0 Å². The van der Waals surface area contributed by atoms with Crippen molar-refractivity contribution in [2.75, 3.05) is 0 Å². The molecule has 1 aromatic heterocycles. The average Bonchev–Trinajstić information content (AvgIpc) is 3.15. The molecule has 0 aliphatic rings. The summed E-state index contributed by atoms with van der Waals surface area (Å²) in [4.78, 5) is 0. The minimum absolute atomic E-state index is 0.938. The summed E-state index contributed by atoms with van der Waals surface area (Å²) in [5.41, 5.74) is 4.33. The highest BCUT2D eigenvalue weighted by molar-refractivity contribution is 6.23. The first-order valence-electron chi connectivity index (χ1n) is 9.94. The van der Waals surface area contributed by atoms with Crippen LogP contribution >= 0.6 is 0 Å². The second kappa shape index (κ2) is 5.36. The van der Waals surface area contributed by atoms with E-state index < -0.39 is 0 Å². The van der Waals surface area contributed by atoms with Gasteiger partial charge in [-0.3, -0.25) is 0 Å². The molecule has 134 valence electrons. The van der Waals surface area contributed by atoms with Gasteiger partial charge in [0.25, 0.3) is 0 Å². The van der Waals surface area contributed by atoms with E-state index in [1.165, 1.54) is 54.2 Å². The van der Waals surface area contributed by atoms with Crippen LogP contribution in [0.5, 0.6) is 0 Å². The predicted octanol–water partition coefficient (Wildman–Crippen LogP) is 8.15. The first kappa shape index (κ1) is 15.1. The molecule has 7 rings (SSSR count). The van der Waals surface area contributed by atoms with Crippen LogP contribution in [0, 0.1) is 0 Å². The van der Waals surface area contributed by atoms with Gasteiger partial charge in [0.2, 0.25) is 0 Å². The fraction of sp³-hybridized carbons (Fsp3) is 0. The van der Waals surface area contributed by atoms with Crippen LogP contribution in [0.15, 0.2) is 101 Å². The zero-order valence-electron chi connectivity index (χ0n) is 15.6. The molecule has 0 saturated heterocycles. The van der Waals surface area contributed by atoms with Gasteiger partial charge in [0.15, 0.2) is 0 Å². The number of hydrogen-bond acceptors (Lipinski definition) is 1. The van der Waals surface area contributed by atoms with Crippen molar-refractivity contribution in [3.63, 3.8) is 0 Å². The molecule has 0 saturated carbocycles. The molecule has 0 amide bonds. The molecule has 6 aromatic carbocycles. The number of para-hydroxylation sites is 1. The summed E-state index contributed by atoms with van der Waals surface area (Å²) >= 11 is 0. The van der Waals surface area contributed by atoms with E-state index in [9.17, 15) is 0 Å². The maximum absolute atomic E-state index is 6.00. The summed E-state index contributed by atoms with van der Waals surface area (Å²) in [6.45, 7) is 0. The Labute approximate surface area is 167 Å². The molecule has 29 heavy (non-hydrogen) atoms. The maximum Gasteiger partial charge on any atom is 0.135 e. The van der Waals surface area contributed by atoms with Crippen molar-refractivity contribution in [3.05, 3.63) is 97.1 Å². The molecule has 0 unspecified atom stereocenters. The third-order valence-electron chi connectivity index (χ3n) is 6.17. The molecule has 1 nitrogen and oxygen atoms in total. The standard InChI is InChI=1S/C28H16O/c1-2-7-25-23(6-1)24-16-19(12-13-26(24)29-25)22-14-20-10-8-17-4-3-5-18-9-11-21(15-22)28(20)27(17)18/h1-16H. The largest absolute Gasteiger partial charge is 0.456 e. The Morgan fingerprint density at radius 1 is 0.414 bits per heavy atom. The van der Waals surface area contributed by atoms with E-state index in [4.69, 9.17) is 4.42 Å². The van der Waals surface area contributed by atoms with E-state index in [1.54, 1.807) is 0 Å². The number of benzene rings is 6. The number of furan rings is 1. The minimum atomic E-state index is 0.938.